The van der Waals surface area contributed by atoms with Gasteiger partial charge in [0.2, 0.25) is 0 Å². The molecule has 0 amide bonds. The van der Waals surface area contributed by atoms with Crippen LogP contribution in [0.5, 0.6) is 0 Å². The molecule has 1 aliphatic carbocycles. The van der Waals surface area contributed by atoms with Gasteiger partial charge in [-0.05, 0) is 25.8 Å². The highest BCUT2D eigenvalue weighted by Crippen LogP contribution is 2.33. The molecule has 0 aromatic carbocycles. The Bertz CT molecular complexity index is 295. The highest BCUT2D eigenvalue weighted by atomic mass is 15.4. The Labute approximate surface area is 124 Å². The number of hydrazone groups is 1. The summed E-state index contributed by atoms with van der Waals surface area (Å²) < 4.78 is 0. The van der Waals surface area contributed by atoms with Crippen LogP contribution >= 0.6 is 0 Å². The molecule has 0 spiro atoms. The molecule has 0 bridgehead atoms. The number of nitrogens with zero attached hydrogens (tertiary/aromatic N) is 3. The first kappa shape index (κ1) is 17.2. The van der Waals surface area contributed by atoms with E-state index in [1.165, 1.54) is 32.1 Å². The SMILES string of the molecule is CCN(C=NC)/N=C/C(CNC)C(C)C1CCCCC1. The quantitative estimate of drug-likeness (QED) is 0.422. The molecule has 116 valence electrons. The Morgan fingerprint density at radius 1 is 1.30 bits per heavy atom. The fourth-order valence-electron chi connectivity index (χ4n) is 3.12. The second-order valence-electron chi connectivity index (χ2n) is 5.87. The third-order valence-electron chi connectivity index (χ3n) is 4.49. The van der Waals surface area contributed by atoms with Gasteiger partial charge < -0.3 is 5.32 Å². The second kappa shape index (κ2) is 9.92. The predicted octanol–water partition coefficient (Wildman–Crippen LogP) is 3.00. The lowest BCUT2D eigenvalue weighted by molar-refractivity contribution is 0.227. The maximum Gasteiger partial charge on any atom is 0.105 e. The largest absolute Gasteiger partial charge is 0.319 e. The van der Waals surface area contributed by atoms with Crippen molar-refractivity contribution in [2.45, 2.75) is 46.0 Å². The summed E-state index contributed by atoms with van der Waals surface area (Å²) in [4.78, 5) is 4.04. The molecule has 2 atom stereocenters. The van der Waals surface area contributed by atoms with Crippen molar-refractivity contribution >= 4 is 12.6 Å². The van der Waals surface area contributed by atoms with E-state index in [4.69, 9.17) is 0 Å². The second-order valence-corrected chi connectivity index (χ2v) is 5.87. The van der Waals surface area contributed by atoms with Crippen molar-refractivity contribution in [3.63, 3.8) is 0 Å². The fraction of sp³-hybridized carbons (Fsp3) is 0.875. The lowest BCUT2D eigenvalue weighted by Gasteiger charge is -2.32. The first-order valence-electron chi connectivity index (χ1n) is 8.10. The molecule has 4 nitrogen and oxygen atoms in total. The van der Waals surface area contributed by atoms with E-state index in [-0.39, 0.29) is 0 Å². The molecule has 1 saturated carbocycles. The minimum Gasteiger partial charge on any atom is -0.319 e. The first-order valence-corrected chi connectivity index (χ1v) is 8.10. The molecular formula is C16H32N4. The average molecular weight is 280 g/mol. The van der Waals surface area contributed by atoms with E-state index in [9.17, 15) is 0 Å². The Kier molecular flexibility index (Phi) is 8.51. The summed E-state index contributed by atoms with van der Waals surface area (Å²) in [7, 11) is 3.81. The van der Waals surface area contributed by atoms with Crippen LogP contribution in [0.3, 0.4) is 0 Å². The zero-order valence-corrected chi connectivity index (χ0v) is 13.7. The van der Waals surface area contributed by atoms with Crippen molar-refractivity contribution in [3.05, 3.63) is 0 Å². The van der Waals surface area contributed by atoms with E-state index in [0.717, 1.165) is 19.0 Å². The molecule has 2 unspecified atom stereocenters. The molecular weight excluding hydrogens is 248 g/mol. The topological polar surface area (TPSA) is 40.0 Å². The number of aliphatic imine (C=N–C) groups is 1. The van der Waals surface area contributed by atoms with Crippen LogP contribution in [-0.4, -0.2) is 44.7 Å². The van der Waals surface area contributed by atoms with Crippen molar-refractivity contribution in [3.8, 4) is 0 Å². The molecule has 1 rings (SSSR count). The summed E-state index contributed by atoms with van der Waals surface area (Å²) in [6.07, 6.45) is 10.9. The van der Waals surface area contributed by atoms with Crippen molar-refractivity contribution in [2.24, 2.45) is 27.8 Å². The minimum atomic E-state index is 0.502. The van der Waals surface area contributed by atoms with Gasteiger partial charge in [-0.15, -0.1) is 0 Å². The summed E-state index contributed by atoms with van der Waals surface area (Å²) in [5.41, 5.74) is 0. The molecule has 4 heteroatoms. The molecule has 1 fully saturated rings. The molecule has 0 saturated heterocycles. The third-order valence-corrected chi connectivity index (χ3v) is 4.49. The van der Waals surface area contributed by atoms with Crippen LogP contribution in [0.15, 0.2) is 10.1 Å². The van der Waals surface area contributed by atoms with E-state index in [1.807, 2.05) is 12.1 Å². The van der Waals surface area contributed by atoms with E-state index in [2.05, 4.69) is 35.5 Å². The lowest BCUT2D eigenvalue weighted by atomic mass is 9.75. The van der Waals surface area contributed by atoms with Gasteiger partial charge in [0, 0.05) is 32.3 Å². The van der Waals surface area contributed by atoms with Gasteiger partial charge in [-0.1, -0.05) is 39.0 Å². The van der Waals surface area contributed by atoms with Crippen molar-refractivity contribution < 1.29 is 0 Å². The Morgan fingerprint density at radius 2 is 2.00 bits per heavy atom. The normalized spacial score (nSPS) is 20.6. The van der Waals surface area contributed by atoms with Crippen molar-refractivity contribution in [1.29, 1.82) is 0 Å². The van der Waals surface area contributed by atoms with Crippen LogP contribution < -0.4 is 5.32 Å². The predicted molar refractivity (Wildman–Crippen MR) is 88.4 cm³/mol. The van der Waals surface area contributed by atoms with Crippen LogP contribution in [0.1, 0.15) is 46.0 Å². The zero-order chi connectivity index (χ0) is 14.8. The standard InChI is InChI=1S/C16H32N4/c1-5-20(13-18-4)19-12-16(11-17-3)14(2)15-9-7-6-8-10-15/h12-17H,5-11H2,1-4H3/b18-13?,19-12+. The summed E-state index contributed by atoms with van der Waals surface area (Å²) >= 11 is 0. The number of hydrogen-bond donors (Lipinski definition) is 1. The van der Waals surface area contributed by atoms with Gasteiger partial charge in [-0.25, -0.2) is 0 Å². The summed E-state index contributed by atoms with van der Waals surface area (Å²) in [5, 5.41) is 9.80. The van der Waals surface area contributed by atoms with E-state index in [0.29, 0.717) is 11.8 Å². The highest BCUT2D eigenvalue weighted by molar-refractivity contribution is 5.64. The van der Waals surface area contributed by atoms with Crippen molar-refractivity contribution in [1.82, 2.24) is 10.3 Å². The van der Waals surface area contributed by atoms with Gasteiger partial charge in [-0.3, -0.25) is 10.0 Å². The molecule has 1 aliphatic rings. The molecule has 0 aromatic rings. The summed E-state index contributed by atoms with van der Waals surface area (Å²) in [6, 6.07) is 0. The molecule has 0 aromatic heterocycles. The van der Waals surface area contributed by atoms with Gasteiger partial charge >= 0.3 is 0 Å². The fourth-order valence-corrected chi connectivity index (χ4v) is 3.12. The molecule has 20 heavy (non-hydrogen) atoms. The number of rotatable bonds is 8. The van der Waals surface area contributed by atoms with Gasteiger partial charge in [0.15, 0.2) is 0 Å². The van der Waals surface area contributed by atoms with Crippen LogP contribution in [0.25, 0.3) is 0 Å². The maximum atomic E-state index is 4.59. The highest BCUT2D eigenvalue weighted by Gasteiger charge is 2.25. The maximum absolute atomic E-state index is 4.59. The molecule has 0 heterocycles. The van der Waals surface area contributed by atoms with E-state index in [1.54, 1.807) is 13.4 Å². The summed E-state index contributed by atoms with van der Waals surface area (Å²) in [6.45, 7) is 6.35. The minimum absolute atomic E-state index is 0.502. The van der Waals surface area contributed by atoms with Gasteiger partial charge in [-0.2, -0.15) is 5.10 Å². The number of nitrogens with one attached hydrogen (secondary N) is 1. The van der Waals surface area contributed by atoms with Gasteiger partial charge in [0.25, 0.3) is 0 Å². The monoisotopic (exact) mass is 280 g/mol. The molecule has 0 aliphatic heterocycles. The zero-order valence-electron chi connectivity index (χ0n) is 13.7. The van der Waals surface area contributed by atoms with Crippen LogP contribution in [0.4, 0.5) is 0 Å². The first-order chi connectivity index (χ1) is 9.72. The number of hydrogen-bond acceptors (Lipinski definition) is 3. The smallest absolute Gasteiger partial charge is 0.105 e. The third kappa shape index (κ3) is 5.61. The Morgan fingerprint density at radius 3 is 2.55 bits per heavy atom. The van der Waals surface area contributed by atoms with Crippen molar-refractivity contribution in [2.75, 3.05) is 27.2 Å². The van der Waals surface area contributed by atoms with Gasteiger partial charge in [0.1, 0.15) is 6.34 Å². The Balaban J connectivity index is 2.63. The van der Waals surface area contributed by atoms with Crippen LogP contribution in [0, 0.1) is 17.8 Å². The average Bonchev–Trinajstić information content (AvgIpc) is 2.50. The molecule has 0 radical (unpaired) electrons. The molecule has 1 N–H and O–H groups in total. The van der Waals surface area contributed by atoms with Gasteiger partial charge in [0.05, 0.1) is 0 Å². The van der Waals surface area contributed by atoms with Crippen LogP contribution in [-0.2, 0) is 0 Å². The Hall–Kier alpha value is -0.900. The summed E-state index contributed by atoms with van der Waals surface area (Å²) in [5.74, 6) is 2.06. The van der Waals surface area contributed by atoms with E-state index < -0.39 is 0 Å². The van der Waals surface area contributed by atoms with E-state index >= 15 is 0 Å². The van der Waals surface area contributed by atoms with Crippen LogP contribution in [0.2, 0.25) is 0 Å². The lowest BCUT2D eigenvalue weighted by Crippen LogP contribution is -2.32.